The maximum atomic E-state index is 12.0. The van der Waals surface area contributed by atoms with Crippen molar-refractivity contribution in [3.8, 4) is 0 Å². The summed E-state index contributed by atoms with van der Waals surface area (Å²) in [4.78, 5) is 4.77. The summed E-state index contributed by atoms with van der Waals surface area (Å²) in [6, 6.07) is 12.2. The van der Waals surface area contributed by atoms with Crippen molar-refractivity contribution in [1.29, 1.82) is 0 Å². The summed E-state index contributed by atoms with van der Waals surface area (Å²) >= 11 is 0. The lowest BCUT2D eigenvalue weighted by Gasteiger charge is -2.40. The number of fused-ring (bicyclic) bond motifs is 3. The average Bonchev–Trinajstić information content (AvgIpc) is 2.95. The van der Waals surface area contributed by atoms with E-state index in [0.717, 1.165) is 41.8 Å². The lowest BCUT2D eigenvalue weighted by Crippen LogP contribution is -2.47. The Balaban J connectivity index is 1.74. The van der Waals surface area contributed by atoms with Crippen LogP contribution in [0.15, 0.2) is 42.6 Å². The Morgan fingerprint density at radius 2 is 2.00 bits per heavy atom. The monoisotopic (exact) mass is 313 g/mol. The van der Waals surface area contributed by atoms with Crippen LogP contribution in [0, 0.1) is 0 Å². The van der Waals surface area contributed by atoms with E-state index < -0.39 is 10.8 Å². The molecule has 0 bridgehead atoms. The van der Waals surface area contributed by atoms with Gasteiger partial charge in [0.05, 0.1) is 21.3 Å². The van der Waals surface area contributed by atoms with Gasteiger partial charge in [0, 0.05) is 29.8 Å². The molecule has 1 aromatic carbocycles. The van der Waals surface area contributed by atoms with Crippen molar-refractivity contribution in [2.75, 3.05) is 18.1 Å². The van der Waals surface area contributed by atoms with Crippen LogP contribution in [0.2, 0.25) is 0 Å². The van der Waals surface area contributed by atoms with Crippen molar-refractivity contribution in [1.82, 2.24) is 9.38 Å². The number of para-hydroxylation sites is 2. The summed E-state index contributed by atoms with van der Waals surface area (Å²) in [5.41, 5.74) is 3.13. The molecule has 4 rings (SSSR count). The van der Waals surface area contributed by atoms with Gasteiger partial charge in [-0.25, -0.2) is 4.98 Å². The molecule has 1 saturated carbocycles. The number of benzene rings is 1. The van der Waals surface area contributed by atoms with Crippen molar-refractivity contribution >= 4 is 33.2 Å². The van der Waals surface area contributed by atoms with Gasteiger partial charge in [0.2, 0.25) is 0 Å². The first-order valence-electron chi connectivity index (χ1n) is 7.63. The second kappa shape index (κ2) is 5.09. The summed E-state index contributed by atoms with van der Waals surface area (Å²) in [5.74, 6) is 0.875. The van der Waals surface area contributed by atoms with E-state index in [9.17, 15) is 4.21 Å². The smallest absolute Gasteiger partial charge is 0.151 e. The fraction of sp³-hybridized carbons (Fsp3) is 0.353. The van der Waals surface area contributed by atoms with Gasteiger partial charge < -0.3 is 9.72 Å². The normalized spacial score (nSPS) is 18.2. The second-order valence-electron chi connectivity index (χ2n) is 6.06. The lowest BCUT2D eigenvalue weighted by molar-refractivity contribution is 0.368. The van der Waals surface area contributed by atoms with Crippen LogP contribution in [0.4, 0.5) is 5.82 Å². The van der Waals surface area contributed by atoms with Gasteiger partial charge in [0.1, 0.15) is 0 Å². The SMILES string of the molecule is CS(=O)C1(CNc2nc3ccccc3n3cccc23)CCC1. The molecule has 2 heterocycles. The minimum atomic E-state index is -0.804. The summed E-state index contributed by atoms with van der Waals surface area (Å²) in [6.45, 7) is 0.724. The number of rotatable bonds is 4. The molecule has 0 aliphatic heterocycles. The highest BCUT2D eigenvalue weighted by Gasteiger charge is 2.40. The molecular weight excluding hydrogens is 294 g/mol. The Morgan fingerprint density at radius 1 is 1.23 bits per heavy atom. The fourth-order valence-electron chi connectivity index (χ4n) is 3.24. The quantitative estimate of drug-likeness (QED) is 0.804. The van der Waals surface area contributed by atoms with E-state index in [-0.39, 0.29) is 4.75 Å². The molecule has 0 spiro atoms. The number of hydrogen-bond acceptors (Lipinski definition) is 3. The molecule has 0 radical (unpaired) electrons. The Bertz CT molecular complexity index is 867. The van der Waals surface area contributed by atoms with Gasteiger partial charge in [-0.05, 0) is 37.1 Å². The first kappa shape index (κ1) is 13.8. The van der Waals surface area contributed by atoms with Gasteiger partial charge in [0.15, 0.2) is 5.82 Å². The molecule has 1 N–H and O–H groups in total. The Morgan fingerprint density at radius 3 is 2.73 bits per heavy atom. The summed E-state index contributed by atoms with van der Waals surface area (Å²) in [5, 5.41) is 3.47. The largest absolute Gasteiger partial charge is 0.367 e. The van der Waals surface area contributed by atoms with Crippen LogP contribution >= 0.6 is 0 Å². The Labute approximate surface area is 132 Å². The topological polar surface area (TPSA) is 46.4 Å². The number of hydrogen-bond donors (Lipinski definition) is 1. The lowest BCUT2D eigenvalue weighted by atomic mass is 9.84. The van der Waals surface area contributed by atoms with Crippen LogP contribution in [-0.4, -0.2) is 31.1 Å². The number of aromatic nitrogens is 2. The third kappa shape index (κ3) is 2.03. The second-order valence-corrected chi connectivity index (χ2v) is 7.83. The van der Waals surface area contributed by atoms with E-state index >= 15 is 0 Å². The molecule has 1 unspecified atom stereocenters. The molecule has 3 aromatic rings. The van der Waals surface area contributed by atoms with E-state index in [2.05, 4.69) is 28.0 Å². The summed E-state index contributed by atoms with van der Waals surface area (Å²) in [7, 11) is -0.804. The van der Waals surface area contributed by atoms with Crippen LogP contribution in [-0.2, 0) is 10.8 Å². The molecule has 1 aliphatic carbocycles. The van der Waals surface area contributed by atoms with E-state index in [1.165, 1.54) is 6.42 Å². The van der Waals surface area contributed by atoms with Crippen molar-refractivity contribution in [3.63, 3.8) is 0 Å². The van der Waals surface area contributed by atoms with Gasteiger partial charge in [-0.2, -0.15) is 0 Å². The maximum absolute atomic E-state index is 12.0. The molecule has 4 nitrogen and oxygen atoms in total. The van der Waals surface area contributed by atoms with E-state index in [0.29, 0.717) is 0 Å². The van der Waals surface area contributed by atoms with Gasteiger partial charge in [-0.15, -0.1) is 0 Å². The van der Waals surface area contributed by atoms with E-state index in [1.54, 1.807) is 0 Å². The maximum Gasteiger partial charge on any atom is 0.151 e. The molecule has 2 aromatic heterocycles. The number of nitrogens with one attached hydrogen (secondary N) is 1. The molecule has 1 fully saturated rings. The summed E-state index contributed by atoms with van der Waals surface area (Å²) < 4.78 is 14.1. The standard InChI is InChI=1S/C17H19N3OS/c1-22(21)17(9-5-10-17)12-18-16-15-8-4-11-20(15)14-7-3-2-6-13(14)19-16/h2-4,6-8,11H,5,9-10,12H2,1H3,(H,18,19). The van der Waals surface area contributed by atoms with E-state index in [4.69, 9.17) is 4.98 Å². The third-order valence-corrected chi connectivity index (χ3v) is 6.59. The highest BCUT2D eigenvalue weighted by molar-refractivity contribution is 7.85. The minimum absolute atomic E-state index is 0.0725. The molecule has 5 heteroatoms. The molecular formula is C17H19N3OS. The van der Waals surface area contributed by atoms with Crippen molar-refractivity contribution < 1.29 is 4.21 Å². The van der Waals surface area contributed by atoms with Crippen LogP contribution in [0.3, 0.4) is 0 Å². The predicted octanol–water partition coefficient (Wildman–Crippen LogP) is 3.20. The van der Waals surface area contributed by atoms with Crippen molar-refractivity contribution in [2.24, 2.45) is 0 Å². The van der Waals surface area contributed by atoms with Gasteiger partial charge >= 0.3 is 0 Å². The average molecular weight is 313 g/mol. The molecule has 114 valence electrons. The van der Waals surface area contributed by atoms with Crippen LogP contribution in [0.1, 0.15) is 19.3 Å². The highest BCUT2D eigenvalue weighted by Crippen LogP contribution is 2.37. The zero-order valence-electron chi connectivity index (χ0n) is 12.6. The highest BCUT2D eigenvalue weighted by atomic mass is 32.2. The van der Waals surface area contributed by atoms with E-state index in [1.807, 2.05) is 30.5 Å². The van der Waals surface area contributed by atoms with Gasteiger partial charge in [-0.3, -0.25) is 4.21 Å². The molecule has 0 amide bonds. The van der Waals surface area contributed by atoms with Crippen LogP contribution in [0.25, 0.3) is 16.6 Å². The molecule has 22 heavy (non-hydrogen) atoms. The van der Waals surface area contributed by atoms with Gasteiger partial charge in [-0.1, -0.05) is 18.6 Å². The Hall–Kier alpha value is -1.88. The predicted molar refractivity (Wildman–Crippen MR) is 91.8 cm³/mol. The van der Waals surface area contributed by atoms with Crippen molar-refractivity contribution in [3.05, 3.63) is 42.6 Å². The number of nitrogens with zero attached hydrogens (tertiary/aromatic N) is 2. The molecule has 0 saturated heterocycles. The first-order chi connectivity index (χ1) is 10.7. The van der Waals surface area contributed by atoms with Gasteiger partial charge in [0.25, 0.3) is 0 Å². The Kier molecular flexibility index (Phi) is 3.18. The third-order valence-electron chi connectivity index (χ3n) is 4.82. The fourth-order valence-corrected chi connectivity index (χ4v) is 4.37. The van der Waals surface area contributed by atoms with Crippen LogP contribution < -0.4 is 5.32 Å². The summed E-state index contributed by atoms with van der Waals surface area (Å²) in [6.07, 6.45) is 7.12. The molecule has 1 aliphatic rings. The van der Waals surface area contributed by atoms with Crippen molar-refractivity contribution in [2.45, 2.75) is 24.0 Å². The zero-order chi connectivity index (χ0) is 15.2. The zero-order valence-corrected chi connectivity index (χ0v) is 13.4. The first-order valence-corrected chi connectivity index (χ1v) is 9.19. The minimum Gasteiger partial charge on any atom is -0.367 e. The molecule has 1 atom stereocenters. The van der Waals surface area contributed by atoms with Crippen LogP contribution in [0.5, 0.6) is 0 Å². The number of anilines is 1.